The molecule has 0 atom stereocenters. The van der Waals surface area contributed by atoms with Gasteiger partial charge in [-0.1, -0.05) is 25.4 Å². The molecule has 9 heteroatoms. The van der Waals surface area contributed by atoms with Crippen molar-refractivity contribution < 1.29 is 9.53 Å². The number of benzene rings is 1. The van der Waals surface area contributed by atoms with Gasteiger partial charge in [-0.2, -0.15) is 0 Å². The third-order valence-electron chi connectivity index (χ3n) is 4.99. The third kappa shape index (κ3) is 3.27. The van der Waals surface area contributed by atoms with Crippen LogP contribution < -0.4 is 4.90 Å². The van der Waals surface area contributed by atoms with Gasteiger partial charge in [0, 0.05) is 49.6 Å². The fourth-order valence-corrected chi connectivity index (χ4v) is 3.74. The quantitative estimate of drug-likeness (QED) is 0.667. The minimum absolute atomic E-state index is 0.00495. The molecule has 3 aromatic rings. The van der Waals surface area contributed by atoms with Crippen LogP contribution in [0.25, 0.3) is 16.6 Å². The SMILES string of the molecule is COCc1nnc2c3ccc(Cl)cc3nc(N3CCN(C(=O)C(C)C)CC3)n12. The van der Waals surface area contributed by atoms with Gasteiger partial charge in [0.2, 0.25) is 11.9 Å². The molecule has 2 aromatic heterocycles. The Hall–Kier alpha value is -2.45. The standard InChI is InChI=1S/C19H23ClN6O2/c1-12(2)18(27)24-6-8-25(9-7-24)19-21-15-10-13(20)4-5-14(15)17-23-22-16(11-28-3)26(17)19/h4-5,10,12H,6-9,11H2,1-3H3. The Morgan fingerprint density at radius 2 is 1.96 bits per heavy atom. The van der Waals surface area contributed by atoms with Gasteiger partial charge in [0.05, 0.1) is 5.52 Å². The zero-order chi connectivity index (χ0) is 19.8. The molecular formula is C19H23ClN6O2. The van der Waals surface area contributed by atoms with Crippen LogP contribution in [0.2, 0.25) is 5.02 Å². The third-order valence-corrected chi connectivity index (χ3v) is 5.23. The maximum atomic E-state index is 12.3. The topological polar surface area (TPSA) is 75.9 Å². The Balaban J connectivity index is 1.76. The number of fused-ring (bicyclic) bond motifs is 3. The Kier molecular flexibility index (Phi) is 5.07. The van der Waals surface area contributed by atoms with Gasteiger partial charge in [-0.25, -0.2) is 9.38 Å². The van der Waals surface area contributed by atoms with Crippen LogP contribution in [0.3, 0.4) is 0 Å². The van der Waals surface area contributed by atoms with E-state index < -0.39 is 0 Å². The number of piperazine rings is 1. The fraction of sp³-hybridized carbons (Fsp3) is 0.474. The molecule has 1 amide bonds. The van der Waals surface area contributed by atoms with E-state index in [4.69, 9.17) is 21.3 Å². The highest BCUT2D eigenvalue weighted by atomic mass is 35.5. The predicted molar refractivity (Wildman–Crippen MR) is 108 cm³/mol. The van der Waals surface area contributed by atoms with E-state index in [9.17, 15) is 4.79 Å². The Morgan fingerprint density at radius 3 is 2.64 bits per heavy atom. The molecule has 3 heterocycles. The molecule has 0 unspecified atom stereocenters. The number of hydrogen-bond acceptors (Lipinski definition) is 6. The molecular weight excluding hydrogens is 380 g/mol. The van der Waals surface area contributed by atoms with Crippen LogP contribution >= 0.6 is 11.6 Å². The first kappa shape index (κ1) is 18.9. The van der Waals surface area contributed by atoms with E-state index in [0.717, 1.165) is 22.5 Å². The lowest BCUT2D eigenvalue weighted by atomic mass is 10.1. The molecule has 1 saturated heterocycles. The second kappa shape index (κ2) is 7.52. The van der Waals surface area contributed by atoms with E-state index >= 15 is 0 Å². The van der Waals surface area contributed by atoms with E-state index in [1.54, 1.807) is 7.11 Å². The summed E-state index contributed by atoms with van der Waals surface area (Å²) in [5.41, 5.74) is 1.50. The molecule has 8 nitrogen and oxygen atoms in total. The van der Waals surface area contributed by atoms with Crippen LogP contribution in [-0.2, 0) is 16.1 Å². The zero-order valence-electron chi connectivity index (χ0n) is 16.2. The van der Waals surface area contributed by atoms with Gasteiger partial charge in [0.25, 0.3) is 0 Å². The molecule has 28 heavy (non-hydrogen) atoms. The molecule has 1 aromatic carbocycles. The molecule has 0 aliphatic carbocycles. The molecule has 1 aliphatic rings. The highest BCUT2D eigenvalue weighted by Gasteiger charge is 2.26. The normalized spacial score (nSPS) is 15.2. The number of carbonyl (C=O) groups is 1. The fourth-order valence-electron chi connectivity index (χ4n) is 3.57. The number of methoxy groups -OCH3 is 1. The van der Waals surface area contributed by atoms with Gasteiger partial charge in [0.1, 0.15) is 6.61 Å². The Morgan fingerprint density at radius 1 is 1.21 bits per heavy atom. The van der Waals surface area contributed by atoms with Gasteiger partial charge in [-0.3, -0.25) is 4.79 Å². The van der Waals surface area contributed by atoms with Crippen molar-refractivity contribution in [2.24, 2.45) is 5.92 Å². The van der Waals surface area contributed by atoms with Gasteiger partial charge >= 0.3 is 0 Å². The Labute approximate surface area is 168 Å². The summed E-state index contributed by atoms with van der Waals surface area (Å²) in [6, 6.07) is 5.57. The van der Waals surface area contributed by atoms with Crippen LogP contribution in [0, 0.1) is 5.92 Å². The molecule has 148 valence electrons. The van der Waals surface area contributed by atoms with Crippen molar-refractivity contribution in [1.29, 1.82) is 0 Å². The summed E-state index contributed by atoms with van der Waals surface area (Å²) in [4.78, 5) is 21.3. The number of amides is 1. The summed E-state index contributed by atoms with van der Waals surface area (Å²) in [6.07, 6.45) is 0. The molecule has 0 saturated carbocycles. The zero-order valence-corrected chi connectivity index (χ0v) is 17.0. The summed E-state index contributed by atoms with van der Waals surface area (Å²) in [5, 5.41) is 10.2. The molecule has 1 aliphatic heterocycles. The van der Waals surface area contributed by atoms with Crippen molar-refractivity contribution in [3.63, 3.8) is 0 Å². The van der Waals surface area contributed by atoms with Crippen LogP contribution in [0.1, 0.15) is 19.7 Å². The molecule has 1 fully saturated rings. The van der Waals surface area contributed by atoms with Crippen LogP contribution in [0.4, 0.5) is 5.95 Å². The van der Waals surface area contributed by atoms with E-state index in [1.165, 1.54) is 0 Å². The molecule has 4 rings (SSSR count). The van der Waals surface area contributed by atoms with Crippen molar-refractivity contribution >= 4 is 40.0 Å². The molecule has 0 N–H and O–H groups in total. The first-order valence-corrected chi connectivity index (χ1v) is 9.73. The van der Waals surface area contributed by atoms with Crippen LogP contribution in [-0.4, -0.2) is 63.7 Å². The molecule has 0 bridgehead atoms. The number of hydrogen-bond donors (Lipinski definition) is 0. The van der Waals surface area contributed by atoms with E-state index in [0.29, 0.717) is 43.6 Å². The molecule has 0 spiro atoms. The number of nitrogens with zero attached hydrogens (tertiary/aromatic N) is 6. The summed E-state index contributed by atoms with van der Waals surface area (Å²) in [7, 11) is 1.63. The molecule has 0 radical (unpaired) electrons. The van der Waals surface area contributed by atoms with Crippen molar-refractivity contribution in [1.82, 2.24) is 24.5 Å². The lowest BCUT2D eigenvalue weighted by Gasteiger charge is -2.36. The minimum atomic E-state index is 0.00495. The van der Waals surface area contributed by atoms with Crippen molar-refractivity contribution in [2.75, 3.05) is 38.2 Å². The number of ether oxygens (including phenoxy) is 1. The average Bonchev–Trinajstić information content (AvgIpc) is 3.11. The number of anilines is 1. The minimum Gasteiger partial charge on any atom is -0.377 e. The summed E-state index contributed by atoms with van der Waals surface area (Å²) in [6.45, 7) is 6.91. The number of carbonyl (C=O) groups excluding carboxylic acids is 1. The summed E-state index contributed by atoms with van der Waals surface area (Å²) >= 11 is 6.19. The van der Waals surface area contributed by atoms with E-state index in [1.807, 2.05) is 41.3 Å². The summed E-state index contributed by atoms with van der Waals surface area (Å²) in [5.74, 6) is 1.63. The van der Waals surface area contributed by atoms with Gasteiger partial charge in [0.15, 0.2) is 11.5 Å². The second-order valence-corrected chi connectivity index (χ2v) is 7.69. The lowest BCUT2D eigenvalue weighted by molar-refractivity contribution is -0.134. The first-order valence-electron chi connectivity index (χ1n) is 9.35. The van der Waals surface area contributed by atoms with E-state index in [2.05, 4.69) is 15.1 Å². The monoisotopic (exact) mass is 402 g/mol. The van der Waals surface area contributed by atoms with Crippen molar-refractivity contribution in [3.8, 4) is 0 Å². The van der Waals surface area contributed by atoms with Crippen molar-refractivity contribution in [3.05, 3.63) is 29.0 Å². The first-order chi connectivity index (χ1) is 13.5. The van der Waals surface area contributed by atoms with E-state index in [-0.39, 0.29) is 11.8 Å². The highest BCUT2D eigenvalue weighted by molar-refractivity contribution is 6.31. The number of rotatable bonds is 4. The van der Waals surface area contributed by atoms with Gasteiger partial charge in [-0.05, 0) is 18.2 Å². The Bertz CT molecular complexity index is 1030. The largest absolute Gasteiger partial charge is 0.377 e. The smallest absolute Gasteiger partial charge is 0.225 e. The second-order valence-electron chi connectivity index (χ2n) is 7.25. The summed E-state index contributed by atoms with van der Waals surface area (Å²) < 4.78 is 7.24. The van der Waals surface area contributed by atoms with Gasteiger partial charge in [-0.15, -0.1) is 10.2 Å². The number of halogens is 1. The van der Waals surface area contributed by atoms with Gasteiger partial charge < -0.3 is 14.5 Å². The van der Waals surface area contributed by atoms with Crippen LogP contribution in [0.5, 0.6) is 0 Å². The maximum absolute atomic E-state index is 12.3. The lowest BCUT2D eigenvalue weighted by Crippen LogP contribution is -2.50. The maximum Gasteiger partial charge on any atom is 0.225 e. The highest BCUT2D eigenvalue weighted by Crippen LogP contribution is 2.27. The van der Waals surface area contributed by atoms with Crippen molar-refractivity contribution in [2.45, 2.75) is 20.5 Å². The van der Waals surface area contributed by atoms with Crippen LogP contribution in [0.15, 0.2) is 18.2 Å². The average molecular weight is 403 g/mol. The predicted octanol–water partition coefficient (Wildman–Crippen LogP) is 2.38. The number of aromatic nitrogens is 4.